The molecule has 0 unspecified atom stereocenters. The minimum atomic E-state index is 0.803. The van der Waals surface area contributed by atoms with E-state index >= 15 is 0 Å². The third kappa shape index (κ3) is 3.31. The van der Waals surface area contributed by atoms with E-state index in [2.05, 4.69) is 6.07 Å². The molecule has 122 valence electrons. The Kier molecular flexibility index (Phi) is 4.05. The fourth-order valence-electron chi connectivity index (χ4n) is 2.71. The van der Waals surface area contributed by atoms with E-state index in [0.717, 1.165) is 39.4 Å². The minimum Gasteiger partial charge on any atom is -0.497 e. The van der Waals surface area contributed by atoms with Gasteiger partial charge in [0.15, 0.2) is 0 Å². The van der Waals surface area contributed by atoms with Crippen molar-refractivity contribution in [3.8, 4) is 28.5 Å². The van der Waals surface area contributed by atoms with Crippen LogP contribution in [0.25, 0.3) is 22.2 Å². The van der Waals surface area contributed by atoms with E-state index in [1.165, 1.54) is 0 Å². The molecule has 4 aromatic rings. The third-order valence-corrected chi connectivity index (χ3v) is 4.03. The van der Waals surface area contributed by atoms with Gasteiger partial charge in [-0.3, -0.25) is 0 Å². The van der Waals surface area contributed by atoms with Crippen LogP contribution in [0.2, 0.25) is 0 Å². The van der Waals surface area contributed by atoms with Crippen molar-refractivity contribution >= 4 is 10.9 Å². The summed E-state index contributed by atoms with van der Waals surface area (Å²) in [5.41, 5.74) is 2.94. The van der Waals surface area contributed by atoms with Crippen molar-refractivity contribution in [3.63, 3.8) is 0 Å². The number of rotatable bonds is 4. The number of benzene rings is 3. The molecule has 0 aliphatic carbocycles. The molecule has 0 fully saturated rings. The molecular weight excluding hydrogens is 310 g/mol. The molecule has 0 saturated carbocycles. The lowest BCUT2D eigenvalue weighted by Crippen LogP contribution is -1.88. The Bertz CT molecular complexity index is 995. The van der Waals surface area contributed by atoms with Gasteiger partial charge in [0.1, 0.15) is 17.2 Å². The van der Waals surface area contributed by atoms with Gasteiger partial charge < -0.3 is 9.47 Å². The normalized spacial score (nSPS) is 10.6. The Labute approximate surface area is 146 Å². The molecule has 0 aliphatic rings. The van der Waals surface area contributed by atoms with E-state index < -0.39 is 0 Å². The number of ether oxygens (including phenoxy) is 2. The number of para-hydroxylation sites is 1. The van der Waals surface area contributed by atoms with Crippen LogP contribution in [0.3, 0.4) is 0 Å². The Morgan fingerprint density at radius 1 is 0.680 bits per heavy atom. The summed E-state index contributed by atoms with van der Waals surface area (Å²) in [6, 6.07) is 27.7. The number of methoxy groups -OCH3 is 1. The van der Waals surface area contributed by atoms with Crippen LogP contribution in [0.5, 0.6) is 17.2 Å². The summed E-state index contributed by atoms with van der Waals surface area (Å²) in [6.45, 7) is 0. The first kappa shape index (κ1) is 15.2. The molecule has 0 spiro atoms. The van der Waals surface area contributed by atoms with Gasteiger partial charge in [0.25, 0.3) is 0 Å². The highest BCUT2D eigenvalue weighted by molar-refractivity contribution is 5.83. The number of aromatic nitrogens is 1. The zero-order chi connectivity index (χ0) is 17.1. The smallest absolute Gasteiger partial charge is 0.128 e. The first-order valence-electron chi connectivity index (χ1n) is 8.10. The van der Waals surface area contributed by atoms with Gasteiger partial charge in [-0.05, 0) is 60.7 Å². The van der Waals surface area contributed by atoms with Crippen LogP contribution in [0.4, 0.5) is 0 Å². The van der Waals surface area contributed by atoms with Gasteiger partial charge in [0, 0.05) is 10.9 Å². The molecule has 3 aromatic carbocycles. The third-order valence-electron chi connectivity index (χ3n) is 4.03. The van der Waals surface area contributed by atoms with Gasteiger partial charge in [0.2, 0.25) is 0 Å². The van der Waals surface area contributed by atoms with Crippen LogP contribution in [0, 0.1) is 0 Å². The highest BCUT2D eigenvalue weighted by Gasteiger charge is 2.04. The Morgan fingerprint density at radius 2 is 1.44 bits per heavy atom. The predicted octanol–water partition coefficient (Wildman–Crippen LogP) is 5.70. The lowest BCUT2D eigenvalue weighted by Gasteiger charge is -2.08. The van der Waals surface area contributed by atoms with Crippen molar-refractivity contribution in [2.45, 2.75) is 0 Å². The molecule has 0 aliphatic heterocycles. The van der Waals surface area contributed by atoms with Crippen molar-refractivity contribution < 1.29 is 9.47 Å². The maximum absolute atomic E-state index is 5.89. The zero-order valence-electron chi connectivity index (χ0n) is 13.8. The zero-order valence-corrected chi connectivity index (χ0v) is 13.8. The van der Waals surface area contributed by atoms with E-state index in [1.807, 2.05) is 78.9 Å². The fourth-order valence-corrected chi connectivity index (χ4v) is 2.71. The standard InChI is InChI=1S/C22H17NO2/c1-24-18-10-7-16(8-11-18)21-13-9-17-15-20(12-14-22(17)23-21)25-19-5-3-2-4-6-19/h2-15H,1H3. The first-order valence-corrected chi connectivity index (χ1v) is 8.10. The van der Waals surface area contributed by atoms with Crippen LogP contribution in [-0.2, 0) is 0 Å². The quantitative estimate of drug-likeness (QED) is 0.481. The van der Waals surface area contributed by atoms with Crippen molar-refractivity contribution in [1.29, 1.82) is 0 Å². The van der Waals surface area contributed by atoms with Crippen LogP contribution in [-0.4, -0.2) is 12.1 Å². The fraction of sp³-hybridized carbons (Fsp3) is 0.0455. The maximum Gasteiger partial charge on any atom is 0.128 e. The molecule has 1 aromatic heterocycles. The predicted molar refractivity (Wildman–Crippen MR) is 100 cm³/mol. The van der Waals surface area contributed by atoms with Gasteiger partial charge in [-0.2, -0.15) is 0 Å². The number of pyridine rings is 1. The molecule has 4 rings (SSSR count). The van der Waals surface area contributed by atoms with Crippen molar-refractivity contribution in [2.75, 3.05) is 7.11 Å². The molecule has 1 heterocycles. The largest absolute Gasteiger partial charge is 0.497 e. The van der Waals surface area contributed by atoms with E-state index in [4.69, 9.17) is 14.5 Å². The summed E-state index contributed by atoms with van der Waals surface area (Å²) < 4.78 is 11.1. The van der Waals surface area contributed by atoms with E-state index in [-0.39, 0.29) is 0 Å². The molecule has 0 atom stereocenters. The maximum atomic E-state index is 5.89. The summed E-state index contributed by atoms with van der Waals surface area (Å²) in [6.07, 6.45) is 0. The van der Waals surface area contributed by atoms with E-state index in [1.54, 1.807) is 7.11 Å². The van der Waals surface area contributed by atoms with Crippen molar-refractivity contribution in [1.82, 2.24) is 4.98 Å². The molecule has 0 bridgehead atoms. The molecule has 0 radical (unpaired) electrons. The lowest BCUT2D eigenvalue weighted by atomic mass is 10.1. The molecule has 3 heteroatoms. The molecule has 25 heavy (non-hydrogen) atoms. The SMILES string of the molecule is COc1ccc(-c2ccc3cc(Oc4ccccc4)ccc3n2)cc1. The first-order chi connectivity index (χ1) is 12.3. The summed E-state index contributed by atoms with van der Waals surface area (Å²) >= 11 is 0. The van der Waals surface area contributed by atoms with Crippen LogP contribution >= 0.6 is 0 Å². The van der Waals surface area contributed by atoms with Gasteiger partial charge in [-0.15, -0.1) is 0 Å². The Balaban J connectivity index is 1.64. The molecule has 0 saturated heterocycles. The van der Waals surface area contributed by atoms with E-state index in [9.17, 15) is 0 Å². The molecule has 0 N–H and O–H groups in total. The Hall–Kier alpha value is -3.33. The number of hydrogen-bond donors (Lipinski definition) is 0. The summed E-state index contributed by atoms with van der Waals surface area (Å²) in [4.78, 5) is 4.75. The number of hydrogen-bond acceptors (Lipinski definition) is 3. The number of nitrogens with zero attached hydrogens (tertiary/aromatic N) is 1. The Morgan fingerprint density at radius 3 is 2.20 bits per heavy atom. The van der Waals surface area contributed by atoms with Crippen molar-refractivity contribution in [2.24, 2.45) is 0 Å². The highest BCUT2D eigenvalue weighted by atomic mass is 16.5. The minimum absolute atomic E-state index is 0.803. The van der Waals surface area contributed by atoms with Crippen LogP contribution in [0.1, 0.15) is 0 Å². The average molecular weight is 327 g/mol. The highest BCUT2D eigenvalue weighted by Crippen LogP contribution is 2.27. The van der Waals surface area contributed by atoms with Crippen LogP contribution in [0.15, 0.2) is 84.9 Å². The molecule has 3 nitrogen and oxygen atoms in total. The molecular formula is C22H17NO2. The summed E-state index contributed by atoms with van der Waals surface area (Å²) in [5.74, 6) is 2.47. The van der Waals surface area contributed by atoms with E-state index in [0.29, 0.717) is 0 Å². The molecule has 0 amide bonds. The van der Waals surface area contributed by atoms with Gasteiger partial charge >= 0.3 is 0 Å². The second kappa shape index (κ2) is 6.65. The average Bonchev–Trinajstić information content (AvgIpc) is 2.68. The second-order valence-corrected chi connectivity index (χ2v) is 5.69. The monoisotopic (exact) mass is 327 g/mol. The lowest BCUT2D eigenvalue weighted by molar-refractivity contribution is 0.415. The van der Waals surface area contributed by atoms with Crippen molar-refractivity contribution in [3.05, 3.63) is 84.9 Å². The van der Waals surface area contributed by atoms with Gasteiger partial charge in [-0.25, -0.2) is 4.98 Å². The summed E-state index contributed by atoms with van der Waals surface area (Å²) in [7, 11) is 1.67. The topological polar surface area (TPSA) is 31.4 Å². The van der Waals surface area contributed by atoms with Crippen LogP contribution < -0.4 is 9.47 Å². The van der Waals surface area contributed by atoms with Gasteiger partial charge in [-0.1, -0.05) is 24.3 Å². The number of fused-ring (bicyclic) bond motifs is 1. The second-order valence-electron chi connectivity index (χ2n) is 5.69. The summed E-state index contributed by atoms with van der Waals surface area (Å²) in [5, 5.41) is 1.05. The van der Waals surface area contributed by atoms with Gasteiger partial charge in [0.05, 0.1) is 18.3 Å².